The van der Waals surface area contributed by atoms with E-state index in [1.807, 2.05) is 0 Å². The normalized spacial score (nSPS) is 32.0. The molecule has 0 aliphatic carbocycles. The second kappa shape index (κ2) is 6.71. The van der Waals surface area contributed by atoms with Crippen LogP contribution in [0.4, 0.5) is 0 Å². The molecule has 1 fully saturated rings. The van der Waals surface area contributed by atoms with Crippen molar-refractivity contribution in [2.75, 3.05) is 13.2 Å². The Balaban J connectivity index is 2.45. The van der Waals surface area contributed by atoms with E-state index in [2.05, 4.69) is 4.98 Å². The predicted octanol–water partition coefficient (Wildman–Crippen LogP) is -2.08. The second-order valence-corrected chi connectivity index (χ2v) is 5.07. The van der Waals surface area contributed by atoms with Crippen LogP contribution in [0.2, 0.25) is 0 Å². The van der Waals surface area contributed by atoms with Crippen LogP contribution in [-0.2, 0) is 4.74 Å². The molecule has 1 aromatic rings. The summed E-state index contributed by atoms with van der Waals surface area (Å²) in [6.45, 7) is 2.92. The van der Waals surface area contributed by atoms with E-state index in [4.69, 9.17) is 9.47 Å². The number of hydrogen-bond donors (Lipinski definition) is 4. The largest absolute Gasteiger partial charge is 0.465 e. The summed E-state index contributed by atoms with van der Waals surface area (Å²) >= 11 is 0. The van der Waals surface area contributed by atoms with Gasteiger partial charge in [-0.2, -0.15) is 4.98 Å². The highest BCUT2D eigenvalue weighted by Crippen LogP contribution is 2.30. The maximum Gasteiger partial charge on any atom is 0.301 e. The van der Waals surface area contributed by atoms with Gasteiger partial charge in [0.1, 0.15) is 24.4 Å². The molecule has 1 unspecified atom stereocenters. The van der Waals surface area contributed by atoms with Crippen LogP contribution in [0.15, 0.2) is 11.0 Å². The fourth-order valence-electron chi connectivity index (χ4n) is 2.28. The van der Waals surface area contributed by atoms with Crippen molar-refractivity contribution in [1.82, 2.24) is 9.55 Å². The standard InChI is InChI=1S/C13H20N2O7/c1-3-21-13-14-11(20)6(2)4-15(13)12-10(19)9(18)8(17)7(5-16)22-12/h4,7-10,12,16-19H,3,5H2,1-2H3/t7-,8-,9+,10-,12?/m1/s1. The lowest BCUT2D eigenvalue weighted by atomic mass is 9.98. The third-order valence-corrected chi connectivity index (χ3v) is 3.50. The monoisotopic (exact) mass is 316 g/mol. The van der Waals surface area contributed by atoms with E-state index in [0.717, 1.165) is 0 Å². The van der Waals surface area contributed by atoms with Crippen molar-refractivity contribution >= 4 is 0 Å². The van der Waals surface area contributed by atoms with Crippen molar-refractivity contribution < 1.29 is 29.9 Å². The van der Waals surface area contributed by atoms with Gasteiger partial charge in [-0.3, -0.25) is 9.36 Å². The highest BCUT2D eigenvalue weighted by atomic mass is 16.6. The number of aromatic nitrogens is 2. The van der Waals surface area contributed by atoms with Crippen LogP contribution in [-0.4, -0.2) is 67.6 Å². The zero-order valence-corrected chi connectivity index (χ0v) is 12.3. The van der Waals surface area contributed by atoms with E-state index in [9.17, 15) is 25.2 Å². The highest BCUT2D eigenvalue weighted by Gasteiger charge is 2.44. The third-order valence-electron chi connectivity index (χ3n) is 3.50. The summed E-state index contributed by atoms with van der Waals surface area (Å²) in [6.07, 6.45) is -5.31. The van der Waals surface area contributed by atoms with Gasteiger partial charge >= 0.3 is 6.01 Å². The van der Waals surface area contributed by atoms with Crippen LogP contribution in [0.5, 0.6) is 6.01 Å². The van der Waals surface area contributed by atoms with Crippen molar-refractivity contribution in [3.8, 4) is 6.01 Å². The Morgan fingerprint density at radius 2 is 2.00 bits per heavy atom. The van der Waals surface area contributed by atoms with E-state index < -0.39 is 42.8 Å². The maximum atomic E-state index is 11.6. The summed E-state index contributed by atoms with van der Waals surface area (Å²) in [5, 5.41) is 39.0. The lowest BCUT2D eigenvalue weighted by Gasteiger charge is -2.41. The smallest absolute Gasteiger partial charge is 0.301 e. The van der Waals surface area contributed by atoms with Crippen LogP contribution in [0.25, 0.3) is 0 Å². The molecule has 4 N–H and O–H groups in total. The Kier molecular flexibility index (Phi) is 5.14. The molecule has 5 atom stereocenters. The van der Waals surface area contributed by atoms with Crippen LogP contribution < -0.4 is 10.3 Å². The first-order valence-electron chi connectivity index (χ1n) is 6.93. The van der Waals surface area contributed by atoms with Crippen molar-refractivity contribution in [2.45, 2.75) is 44.5 Å². The number of aliphatic hydroxyl groups is 4. The number of nitrogens with zero attached hydrogens (tertiary/aromatic N) is 2. The Morgan fingerprint density at radius 3 is 2.59 bits per heavy atom. The topological polar surface area (TPSA) is 134 Å². The van der Waals surface area contributed by atoms with Crippen LogP contribution in [0, 0.1) is 6.92 Å². The molecule has 0 spiro atoms. The lowest BCUT2D eigenvalue weighted by Crippen LogP contribution is -2.56. The zero-order chi connectivity index (χ0) is 16.4. The molecule has 0 bridgehead atoms. The Hall–Kier alpha value is -1.52. The molecule has 0 saturated carbocycles. The third kappa shape index (κ3) is 2.99. The molecule has 22 heavy (non-hydrogen) atoms. The summed E-state index contributed by atoms with van der Waals surface area (Å²) in [5.41, 5.74) is -0.190. The van der Waals surface area contributed by atoms with Crippen molar-refractivity contribution in [2.24, 2.45) is 0 Å². The number of rotatable bonds is 4. The molecular formula is C13H20N2O7. The SMILES string of the molecule is CCOc1nc(=O)c(C)cn1C1O[C@H](CO)[C@@H](O)[C@H](O)[C@H]1O. The van der Waals surface area contributed by atoms with Gasteiger partial charge in [0.25, 0.3) is 5.56 Å². The van der Waals surface area contributed by atoms with Gasteiger partial charge < -0.3 is 29.9 Å². The number of aryl methyl sites for hydroxylation is 1. The van der Waals surface area contributed by atoms with E-state index in [0.29, 0.717) is 5.56 Å². The maximum absolute atomic E-state index is 11.6. The van der Waals surface area contributed by atoms with Crippen LogP contribution in [0.3, 0.4) is 0 Å². The van der Waals surface area contributed by atoms with Crippen LogP contribution >= 0.6 is 0 Å². The first kappa shape index (κ1) is 16.8. The predicted molar refractivity (Wildman–Crippen MR) is 73.4 cm³/mol. The Labute approximate surface area is 126 Å². The molecule has 2 rings (SSSR count). The fraction of sp³-hybridized carbons (Fsp3) is 0.692. The highest BCUT2D eigenvalue weighted by molar-refractivity contribution is 5.10. The molecule has 0 radical (unpaired) electrons. The van der Waals surface area contributed by atoms with Crippen molar-refractivity contribution in [3.63, 3.8) is 0 Å². The Morgan fingerprint density at radius 1 is 1.32 bits per heavy atom. The molecule has 2 heterocycles. The molecule has 0 amide bonds. The van der Waals surface area contributed by atoms with Gasteiger partial charge in [0.15, 0.2) is 6.23 Å². The van der Waals surface area contributed by atoms with Crippen molar-refractivity contribution in [1.29, 1.82) is 0 Å². The van der Waals surface area contributed by atoms with Gasteiger partial charge in [-0.15, -0.1) is 0 Å². The molecular weight excluding hydrogens is 296 g/mol. The molecule has 9 heteroatoms. The van der Waals surface area contributed by atoms with E-state index in [1.54, 1.807) is 6.92 Å². The van der Waals surface area contributed by atoms with Gasteiger partial charge in [-0.1, -0.05) is 0 Å². The first-order chi connectivity index (χ1) is 10.4. The minimum absolute atomic E-state index is 0.0811. The number of ether oxygens (including phenoxy) is 2. The summed E-state index contributed by atoms with van der Waals surface area (Å²) in [6, 6.07) is -0.0811. The average Bonchev–Trinajstić information content (AvgIpc) is 2.49. The van der Waals surface area contributed by atoms with Crippen LogP contribution in [0.1, 0.15) is 18.7 Å². The molecule has 124 valence electrons. The summed E-state index contributed by atoms with van der Waals surface area (Å²) in [7, 11) is 0. The first-order valence-corrected chi connectivity index (χ1v) is 6.93. The molecule has 1 aliphatic heterocycles. The fourth-order valence-corrected chi connectivity index (χ4v) is 2.28. The minimum atomic E-state index is -1.52. The van der Waals surface area contributed by atoms with E-state index in [1.165, 1.54) is 17.7 Å². The quantitative estimate of drug-likeness (QED) is 0.497. The summed E-state index contributed by atoms with van der Waals surface area (Å²) < 4.78 is 12.0. The molecule has 1 saturated heterocycles. The zero-order valence-electron chi connectivity index (χ0n) is 12.3. The van der Waals surface area contributed by atoms with Gasteiger partial charge in [0.2, 0.25) is 0 Å². The number of hydrogen-bond acceptors (Lipinski definition) is 8. The van der Waals surface area contributed by atoms with Gasteiger partial charge in [-0.25, -0.2) is 0 Å². The van der Waals surface area contributed by atoms with E-state index in [-0.39, 0.29) is 12.6 Å². The van der Waals surface area contributed by atoms with Gasteiger partial charge in [0, 0.05) is 11.8 Å². The molecule has 0 aromatic carbocycles. The average molecular weight is 316 g/mol. The van der Waals surface area contributed by atoms with E-state index >= 15 is 0 Å². The molecule has 1 aromatic heterocycles. The second-order valence-electron chi connectivity index (χ2n) is 5.07. The minimum Gasteiger partial charge on any atom is -0.465 e. The lowest BCUT2D eigenvalue weighted by molar-refractivity contribution is -0.252. The van der Waals surface area contributed by atoms with Gasteiger partial charge in [0.05, 0.1) is 13.2 Å². The van der Waals surface area contributed by atoms with Crippen molar-refractivity contribution in [3.05, 3.63) is 22.1 Å². The molecule has 9 nitrogen and oxygen atoms in total. The Bertz CT molecular complexity index is 574. The summed E-state index contributed by atoms with van der Waals surface area (Å²) in [4.78, 5) is 15.4. The summed E-state index contributed by atoms with van der Waals surface area (Å²) in [5.74, 6) is 0. The molecule has 1 aliphatic rings. The number of aliphatic hydroxyl groups excluding tert-OH is 4. The van der Waals surface area contributed by atoms with Gasteiger partial charge in [-0.05, 0) is 13.8 Å².